The van der Waals surface area contributed by atoms with Gasteiger partial charge in [-0.1, -0.05) is 32.7 Å². The SMILES string of the molecule is NCCn1cc(-c2cc(Br)ccc2Cl)nn1. The summed E-state index contributed by atoms with van der Waals surface area (Å²) in [5, 5.41) is 8.68. The Morgan fingerprint density at radius 2 is 2.25 bits per heavy atom. The van der Waals surface area contributed by atoms with Crippen molar-refractivity contribution < 1.29 is 0 Å². The average Bonchev–Trinajstić information content (AvgIpc) is 2.71. The van der Waals surface area contributed by atoms with Gasteiger partial charge in [0.1, 0.15) is 5.69 Å². The number of rotatable bonds is 3. The van der Waals surface area contributed by atoms with Gasteiger partial charge in [0, 0.05) is 16.6 Å². The minimum absolute atomic E-state index is 0.537. The number of hydrogen-bond donors (Lipinski definition) is 1. The second-order valence-electron chi connectivity index (χ2n) is 3.28. The summed E-state index contributed by atoms with van der Waals surface area (Å²) in [5.41, 5.74) is 7.05. The molecule has 1 heterocycles. The predicted octanol–water partition coefficient (Wildman–Crippen LogP) is 2.32. The lowest BCUT2D eigenvalue weighted by atomic mass is 10.2. The van der Waals surface area contributed by atoms with Crippen LogP contribution in [0.2, 0.25) is 5.02 Å². The molecular formula is C10H10BrClN4. The molecule has 0 bridgehead atoms. The Bertz CT molecular complexity index is 497. The summed E-state index contributed by atoms with van der Waals surface area (Å²) in [6.07, 6.45) is 1.83. The molecule has 2 rings (SSSR count). The van der Waals surface area contributed by atoms with Crippen LogP contribution in [0.15, 0.2) is 28.9 Å². The zero-order valence-corrected chi connectivity index (χ0v) is 10.7. The summed E-state index contributed by atoms with van der Waals surface area (Å²) < 4.78 is 2.66. The maximum atomic E-state index is 6.09. The van der Waals surface area contributed by atoms with Crippen LogP contribution in [0, 0.1) is 0 Å². The molecule has 0 spiro atoms. The minimum atomic E-state index is 0.537. The molecule has 0 unspecified atom stereocenters. The van der Waals surface area contributed by atoms with Crippen LogP contribution in [0.5, 0.6) is 0 Å². The number of aromatic nitrogens is 3. The van der Waals surface area contributed by atoms with Crippen molar-refractivity contribution in [2.75, 3.05) is 6.54 Å². The number of hydrogen-bond acceptors (Lipinski definition) is 3. The monoisotopic (exact) mass is 300 g/mol. The Morgan fingerprint density at radius 3 is 3.00 bits per heavy atom. The first-order chi connectivity index (χ1) is 7.70. The van der Waals surface area contributed by atoms with Gasteiger partial charge in [0.2, 0.25) is 0 Å². The summed E-state index contributed by atoms with van der Waals surface area (Å²) in [5.74, 6) is 0. The molecule has 0 aliphatic carbocycles. The van der Waals surface area contributed by atoms with Crippen LogP contribution in [-0.2, 0) is 6.54 Å². The molecule has 0 aliphatic rings. The lowest BCUT2D eigenvalue weighted by molar-refractivity contribution is 0.598. The minimum Gasteiger partial charge on any atom is -0.329 e. The fourth-order valence-electron chi connectivity index (χ4n) is 1.36. The van der Waals surface area contributed by atoms with Crippen LogP contribution >= 0.6 is 27.5 Å². The van der Waals surface area contributed by atoms with E-state index in [0.29, 0.717) is 18.1 Å². The maximum Gasteiger partial charge on any atom is 0.114 e. The third kappa shape index (κ3) is 2.42. The van der Waals surface area contributed by atoms with Crippen LogP contribution in [-0.4, -0.2) is 21.5 Å². The molecular weight excluding hydrogens is 291 g/mol. The van der Waals surface area contributed by atoms with Crippen molar-refractivity contribution in [1.82, 2.24) is 15.0 Å². The topological polar surface area (TPSA) is 56.7 Å². The van der Waals surface area contributed by atoms with Crippen molar-refractivity contribution in [3.05, 3.63) is 33.9 Å². The highest BCUT2D eigenvalue weighted by Crippen LogP contribution is 2.28. The van der Waals surface area contributed by atoms with Crippen LogP contribution in [0.25, 0.3) is 11.3 Å². The van der Waals surface area contributed by atoms with Crippen LogP contribution in [0.1, 0.15) is 0 Å². The van der Waals surface area contributed by atoms with Gasteiger partial charge in [-0.3, -0.25) is 4.68 Å². The van der Waals surface area contributed by atoms with E-state index in [4.69, 9.17) is 17.3 Å². The Morgan fingerprint density at radius 1 is 1.44 bits per heavy atom. The van der Waals surface area contributed by atoms with Crippen molar-refractivity contribution in [3.8, 4) is 11.3 Å². The Balaban J connectivity index is 2.38. The Kier molecular flexibility index (Phi) is 3.58. The first-order valence-electron chi connectivity index (χ1n) is 4.76. The number of nitrogens with zero attached hydrogens (tertiary/aromatic N) is 3. The van der Waals surface area contributed by atoms with Crippen LogP contribution in [0.4, 0.5) is 0 Å². The van der Waals surface area contributed by atoms with E-state index < -0.39 is 0 Å². The van der Waals surface area contributed by atoms with Crippen molar-refractivity contribution in [2.45, 2.75) is 6.54 Å². The van der Waals surface area contributed by atoms with Crippen LogP contribution in [0.3, 0.4) is 0 Å². The van der Waals surface area contributed by atoms with Crippen molar-refractivity contribution in [1.29, 1.82) is 0 Å². The molecule has 0 fully saturated rings. The maximum absolute atomic E-state index is 6.09. The predicted molar refractivity (Wildman–Crippen MR) is 67.2 cm³/mol. The lowest BCUT2D eigenvalue weighted by Crippen LogP contribution is -2.10. The fourth-order valence-corrected chi connectivity index (χ4v) is 1.93. The molecule has 0 aliphatic heterocycles. The van der Waals surface area contributed by atoms with E-state index in [1.807, 2.05) is 24.4 Å². The largest absolute Gasteiger partial charge is 0.329 e. The molecule has 1 aromatic carbocycles. The summed E-state index contributed by atoms with van der Waals surface area (Å²) >= 11 is 9.49. The van der Waals surface area contributed by atoms with Crippen molar-refractivity contribution in [2.24, 2.45) is 5.73 Å². The smallest absolute Gasteiger partial charge is 0.114 e. The summed E-state index contributed by atoms with van der Waals surface area (Å²) in [4.78, 5) is 0. The van der Waals surface area contributed by atoms with Gasteiger partial charge in [-0.25, -0.2) is 0 Å². The molecule has 2 N–H and O–H groups in total. The summed E-state index contributed by atoms with van der Waals surface area (Å²) in [6.45, 7) is 1.19. The molecule has 4 nitrogen and oxygen atoms in total. The van der Waals surface area contributed by atoms with Crippen molar-refractivity contribution >= 4 is 27.5 Å². The number of halogens is 2. The number of nitrogens with two attached hydrogens (primary N) is 1. The molecule has 84 valence electrons. The molecule has 0 saturated heterocycles. The molecule has 1 aromatic heterocycles. The van der Waals surface area contributed by atoms with Gasteiger partial charge >= 0.3 is 0 Å². The summed E-state index contributed by atoms with van der Waals surface area (Å²) in [6, 6.07) is 5.62. The highest BCUT2D eigenvalue weighted by atomic mass is 79.9. The van der Waals surface area contributed by atoms with E-state index in [9.17, 15) is 0 Å². The van der Waals surface area contributed by atoms with Gasteiger partial charge in [-0.05, 0) is 18.2 Å². The van der Waals surface area contributed by atoms with Crippen LogP contribution < -0.4 is 5.73 Å². The first-order valence-corrected chi connectivity index (χ1v) is 5.93. The van der Waals surface area contributed by atoms with Gasteiger partial charge in [-0.15, -0.1) is 5.10 Å². The molecule has 2 aromatic rings. The first kappa shape index (κ1) is 11.6. The molecule has 0 radical (unpaired) electrons. The highest BCUT2D eigenvalue weighted by Gasteiger charge is 2.08. The molecule has 6 heteroatoms. The van der Waals surface area contributed by atoms with Gasteiger partial charge in [0.15, 0.2) is 0 Å². The zero-order chi connectivity index (χ0) is 11.5. The van der Waals surface area contributed by atoms with Gasteiger partial charge < -0.3 is 5.73 Å². The third-order valence-electron chi connectivity index (χ3n) is 2.10. The molecule has 0 amide bonds. The molecule has 16 heavy (non-hydrogen) atoms. The lowest BCUT2D eigenvalue weighted by Gasteiger charge is -2.00. The summed E-state index contributed by atoms with van der Waals surface area (Å²) in [7, 11) is 0. The molecule has 0 saturated carbocycles. The van der Waals surface area contributed by atoms with E-state index in [0.717, 1.165) is 15.7 Å². The van der Waals surface area contributed by atoms with E-state index in [1.165, 1.54) is 0 Å². The van der Waals surface area contributed by atoms with Gasteiger partial charge in [-0.2, -0.15) is 0 Å². The van der Waals surface area contributed by atoms with Gasteiger partial charge in [0.05, 0.1) is 17.8 Å². The fraction of sp³-hybridized carbons (Fsp3) is 0.200. The zero-order valence-electron chi connectivity index (χ0n) is 8.40. The van der Waals surface area contributed by atoms with E-state index >= 15 is 0 Å². The van der Waals surface area contributed by atoms with Crippen molar-refractivity contribution in [3.63, 3.8) is 0 Å². The Labute approximate surface area is 107 Å². The normalized spacial score (nSPS) is 10.7. The highest BCUT2D eigenvalue weighted by molar-refractivity contribution is 9.10. The van der Waals surface area contributed by atoms with E-state index in [-0.39, 0.29) is 0 Å². The standard InChI is InChI=1S/C10H10BrClN4/c11-7-1-2-9(12)8(5-7)10-6-16(4-3-13)15-14-10/h1-2,5-6H,3-4,13H2. The second-order valence-corrected chi connectivity index (χ2v) is 4.60. The third-order valence-corrected chi connectivity index (χ3v) is 2.92. The second kappa shape index (κ2) is 4.95. The van der Waals surface area contributed by atoms with Gasteiger partial charge in [0.25, 0.3) is 0 Å². The molecule has 0 atom stereocenters. The van der Waals surface area contributed by atoms with E-state index in [2.05, 4.69) is 26.2 Å². The van der Waals surface area contributed by atoms with E-state index in [1.54, 1.807) is 4.68 Å². The quantitative estimate of drug-likeness (QED) is 0.946. The number of benzene rings is 1. The Hall–Kier alpha value is -0.910. The average molecular weight is 302 g/mol.